The Morgan fingerprint density at radius 2 is 1.97 bits per heavy atom. The Kier molecular flexibility index (Phi) is 8.48. The summed E-state index contributed by atoms with van der Waals surface area (Å²) >= 11 is 0. The second-order valence-electron chi connectivity index (χ2n) is 9.54. The molecule has 3 N–H and O–H groups in total. The number of hydrogen-bond donors (Lipinski definition) is 2. The van der Waals surface area contributed by atoms with Gasteiger partial charge in [0.1, 0.15) is 17.4 Å². The van der Waals surface area contributed by atoms with Crippen LogP contribution in [0.15, 0.2) is 47.6 Å². The first-order chi connectivity index (χ1) is 17.1. The van der Waals surface area contributed by atoms with Gasteiger partial charge < -0.3 is 25.4 Å². The summed E-state index contributed by atoms with van der Waals surface area (Å²) in [6.45, 7) is 6.62. The zero-order valence-corrected chi connectivity index (χ0v) is 21.0. The molecule has 36 heavy (non-hydrogen) atoms. The molecule has 1 aliphatic rings. The first-order valence-electron chi connectivity index (χ1n) is 11.7. The molecule has 0 spiro atoms. The molecule has 0 aliphatic carbocycles. The van der Waals surface area contributed by atoms with Crippen molar-refractivity contribution in [2.24, 2.45) is 16.6 Å². The summed E-state index contributed by atoms with van der Waals surface area (Å²) in [6.07, 6.45) is 2.44. The molecule has 3 rings (SSSR count). The summed E-state index contributed by atoms with van der Waals surface area (Å²) in [5.74, 6) is -0.290. The van der Waals surface area contributed by atoms with E-state index in [0.29, 0.717) is 37.2 Å². The minimum atomic E-state index is -0.550. The Balaban J connectivity index is 1.75. The van der Waals surface area contributed by atoms with E-state index in [1.54, 1.807) is 17.0 Å². The van der Waals surface area contributed by atoms with E-state index in [-0.39, 0.29) is 29.8 Å². The smallest absolute Gasteiger partial charge is 0.410 e. The standard InChI is InChI=1S/C26H32N6O4/c1-26(2,3)36-25(34)32-12-10-18(11-13-32)22(31-24(28)35-4)19-6-5-7-20(14-19)30-23(33)21-9-8-17(15-27)16-29-21/h5-9,14,16,18,22H,10-13H2,1-4H3,(H2,28,31)(H,30,33). The molecule has 1 atom stereocenters. The van der Waals surface area contributed by atoms with Crippen LogP contribution in [0.1, 0.15) is 61.3 Å². The van der Waals surface area contributed by atoms with Crippen molar-refractivity contribution in [1.29, 1.82) is 5.26 Å². The van der Waals surface area contributed by atoms with Crippen molar-refractivity contribution in [3.05, 3.63) is 59.4 Å². The molecule has 1 aliphatic heterocycles. The average Bonchev–Trinajstić information content (AvgIpc) is 2.86. The third-order valence-electron chi connectivity index (χ3n) is 5.72. The van der Waals surface area contributed by atoms with Crippen molar-refractivity contribution < 1.29 is 19.1 Å². The molecule has 2 amide bonds. The van der Waals surface area contributed by atoms with Gasteiger partial charge in [0.2, 0.25) is 0 Å². The molecule has 1 aromatic heterocycles. The third-order valence-corrected chi connectivity index (χ3v) is 5.72. The number of methoxy groups -OCH3 is 1. The Bertz CT molecular complexity index is 1140. The monoisotopic (exact) mass is 492 g/mol. The minimum Gasteiger partial charge on any atom is -0.469 e. The van der Waals surface area contributed by atoms with Crippen molar-refractivity contribution in [2.75, 3.05) is 25.5 Å². The number of piperidine rings is 1. The van der Waals surface area contributed by atoms with Crippen LogP contribution in [0.3, 0.4) is 0 Å². The summed E-state index contributed by atoms with van der Waals surface area (Å²) in [7, 11) is 1.46. The summed E-state index contributed by atoms with van der Waals surface area (Å²) in [4.78, 5) is 35.5. The van der Waals surface area contributed by atoms with Gasteiger partial charge in [0.05, 0.1) is 18.7 Å². The van der Waals surface area contributed by atoms with E-state index in [0.717, 1.165) is 5.56 Å². The molecule has 0 saturated carbocycles. The van der Waals surface area contributed by atoms with Crippen LogP contribution in [0.25, 0.3) is 0 Å². The lowest BCUT2D eigenvalue weighted by atomic mass is 9.85. The number of hydrogen-bond acceptors (Lipinski definition) is 7. The van der Waals surface area contributed by atoms with Crippen molar-refractivity contribution in [2.45, 2.75) is 45.3 Å². The number of nitrogens with two attached hydrogens (primary N) is 1. The number of likely N-dealkylation sites (tertiary alicyclic amines) is 1. The molecule has 10 heteroatoms. The Hall–Kier alpha value is -4.13. The number of nitrogens with zero attached hydrogens (tertiary/aromatic N) is 4. The lowest BCUT2D eigenvalue weighted by Gasteiger charge is -2.35. The van der Waals surface area contributed by atoms with Gasteiger partial charge in [0.15, 0.2) is 0 Å². The molecule has 2 heterocycles. The molecule has 190 valence electrons. The number of carbonyl (C=O) groups excluding carboxylic acids is 2. The van der Waals surface area contributed by atoms with Crippen LogP contribution in [-0.2, 0) is 9.47 Å². The van der Waals surface area contributed by atoms with Crippen LogP contribution in [-0.4, -0.2) is 53.7 Å². The normalized spacial score (nSPS) is 15.5. The molecule has 0 bridgehead atoms. The van der Waals surface area contributed by atoms with Gasteiger partial charge in [-0.1, -0.05) is 12.1 Å². The fraction of sp³-hybridized carbons (Fsp3) is 0.423. The zero-order chi connectivity index (χ0) is 26.3. The maximum absolute atomic E-state index is 12.6. The maximum atomic E-state index is 12.6. The van der Waals surface area contributed by atoms with Gasteiger partial charge in [-0.3, -0.25) is 4.79 Å². The molecule has 1 fully saturated rings. The highest BCUT2D eigenvalue weighted by molar-refractivity contribution is 6.02. The Labute approximate surface area is 211 Å². The minimum absolute atomic E-state index is 0.0609. The van der Waals surface area contributed by atoms with Crippen LogP contribution >= 0.6 is 0 Å². The van der Waals surface area contributed by atoms with Crippen molar-refractivity contribution in [3.63, 3.8) is 0 Å². The number of rotatable bonds is 5. The van der Waals surface area contributed by atoms with Gasteiger partial charge in [0, 0.05) is 25.0 Å². The number of nitriles is 1. The molecular weight excluding hydrogens is 460 g/mol. The fourth-order valence-electron chi connectivity index (χ4n) is 3.96. The van der Waals surface area contributed by atoms with Crippen LogP contribution in [0.5, 0.6) is 0 Å². The molecule has 10 nitrogen and oxygen atoms in total. The molecule has 1 saturated heterocycles. The number of pyridine rings is 1. The van der Waals surface area contributed by atoms with E-state index >= 15 is 0 Å². The highest BCUT2D eigenvalue weighted by Gasteiger charge is 2.32. The van der Waals surface area contributed by atoms with Crippen LogP contribution in [0.2, 0.25) is 0 Å². The number of benzene rings is 1. The van der Waals surface area contributed by atoms with E-state index in [9.17, 15) is 9.59 Å². The van der Waals surface area contributed by atoms with Gasteiger partial charge in [-0.05, 0) is 69.4 Å². The van der Waals surface area contributed by atoms with Crippen molar-refractivity contribution >= 4 is 23.7 Å². The number of anilines is 1. The van der Waals surface area contributed by atoms with Crippen LogP contribution in [0, 0.1) is 17.2 Å². The second kappa shape index (κ2) is 11.5. The quantitative estimate of drug-likeness (QED) is 0.476. The van der Waals surface area contributed by atoms with Crippen LogP contribution < -0.4 is 11.1 Å². The lowest BCUT2D eigenvalue weighted by Crippen LogP contribution is -2.42. The van der Waals surface area contributed by atoms with Crippen LogP contribution in [0.4, 0.5) is 10.5 Å². The van der Waals surface area contributed by atoms with Gasteiger partial charge in [-0.2, -0.15) is 5.26 Å². The van der Waals surface area contributed by atoms with E-state index < -0.39 is 11.5 Å². The van der Waals surface area contributed by atoms with Gasteiger partial charge in [-0.25, -0.2) is 14.8 Å². The SMILES string of the molecule is CO/C(N)=N\C(c1cccc(NC(=O)c2ccc(C#N)cn2)c1)C1CCN(C(=O)OC(C)(C)C)CC1. The first-order valence-corrected chi connectivity index (χ1v) is 11.7. The molecular formula is C26H32N6O4. The van der Waals surface area contributed by atoms with Crippen molar-refractivity contribution in [1.82, 2.24) is 9.88 Å². The fourth-order valence-corrected chi connectivity index (χ4v) is 3.96. The summed E-state index contributed by atoms with van der Waals surface area (Å²) in [5, 5.41) is 11.8. The summed E-state index contributed by atoms with van der Waals surface area (Å²) < 4.78 is 10.6. The number of nitrogens with one attached hydrogen (secondary N) is 1. The highest BCUT2D eigenvalue weighted by atomic mass is 16.6. The number of aromatic nitrogens is 1. The van der Waals surface area contributed by atoms with E-state index in [1.165, 1.54) is 19.4 Å². The lowest BCUT2D eigenvalue weighted by molar-refractivity contribution is 0.0174. The Morgan fingerprint density at radius 1 is 1.25 bits per heavy atom. The average molecular weight is 493 g/mol. The van der Waals surface area contributed by atoms with Gasteiger partial charge in [-0.15, -0.1) is 0 Å². The van der Waals surface area contributed by atoms with E-state index in [1.807, 2.05) is 45.0 Å². The second-order valence-corrected chi connectivity index (χ2v) is 9.54. The third kappa shape index (κ3) is 7.18. The number of amides is 2. The predicted molar refractivity (Wildman–Crippen MR) is 135 cm³/mol. The zero-order valence-electron chi connectivity index (χ0n) is 21.0. The van der Waals surface area contributed by atoms with Crippen molar-refractivity contribution in [3.8, 4) is 6.07 Å². The first kappa shape index (κ1) is 26.5. The molecule has 1 aromatic carbocycles. The largest absolute Gasteiger partial charge is 0.469 e. The molecule has 2 aromatic rings. The molecule has 1 unspecified atom stereocenters. The highest BCUT2D eigenvalue weighted by Crippen LogP contribution is 2.35. The predicted octanol–water partition coefficient (Wildman–Crippen LogP) is 3.85. The van der Waals surface area contributed by atoms with E-state index in [2.05, 4.69) is 15.3 Å². The Morgan fingerprint density at radius 3 is 2.56 bits per heavy atom. The number of amidine groups is 1. The maximum Gasteiger partial charge on any atom is 0.410 e. The van der Waals surface area contributed by atoms with E-state index in [4.69, 9.17) is 20.5 Å². The van der Waals surface area contributed by atoms with Gasteiger partial charge >= 0.3 is 6.09 Å². The number of ether oxygens (including phenoxy) is 2. The molecule has 0 radical (unpaired) electrons. The summed E-state index contributed by atoms with van der Waals surface area (Å²) in [5.41, 5.74) is 7.39. The number of carbonyl (C=O) groups is 2. The number of aliphatic imine (C=N–C) groups is 1. The topological polar surface area (TPSA) is 143 Å². The summed E-state index contributed by atoms with van der Waals surface area (Å²) in [6, 6.07) is 12.1. The van der Waals surface area contributed by atoms with Gasteiger partial charge in [0.25, 0.3) is 11.9 Å².